The molecule has 0 unspecified atom stereocenters. The van der Waals surface area contributed by atoms with Gasteiger partial charge in [0, 0.05) is 5.56 Å². The lowest BCUT2D eigenvalue weighted by Gasteiger charge is -2.07. The van der Waals surface area contributed by atoms with Crippen molar-refractivity contribution in [2.45, 2.75) is 32.6 Å². The molecule has 29 heavy (non-hydrogen) atoms. The van der Waals surface area contributed by atoms with Crippen molar-refractivity contribution in [1.82, 2.24) is 4.98 Å². The standard InChI is InChI=1S/C26H26N2O/c1-2-3-4-5-6-7-18-29-25-16-17-26(28-20-25)24-14-12-23(13-15-24)22-10-8-21(19-27)9-11-22/h5-6,8-17,20H,2-4,7,18H2,1H3/b6-5-. The minimum Gasteiger partial charge on any atom is -0.492 e. The van der Waals surface area contributed by atoms with Gasteiger partial charge in [-0.25, -0.2) is 0 Å². The lowest BCUT2D eigenvalue weighted by Crippen LogP contribution is -1.96. The summed E-state index contributed by atoms with van der Waals surface area (Å²) in [4.78, 5) is 4.53. The monoisotopic (exact) mass is 382 g/mol. The number of nitrogens with zero attached hydrogens (tertiary/aromatic N) is 2. The molecule has 0 amide bonds. The second-order valence-corrected chi connectivity index (χ2v) is 6.90. The molecule has 0 fully saturated rings. The molecule has 0 spiro atoms. The Balaban J connectivity index is 1.55. The number of allylic oxidation sites excluding steroid dienone is 1. The Labute approximate surface area is 173 Å². The number of ether oxygens (including phenoxy) is 1. The van der Waals surface area contributed by atoms with Crippen LogP contribution in [0.5, 0.6) is 5.75 Å². The first kappa shape index (κ1) is 20.4. The third kappa shape index (κ3) is 6.05. The van der Waals surface area contributed by atoms with Crippen LogP contribution in [0.4, 0.5) is 0 Å². The smallest absolute Gasteiger partial charge is 0.137 e. The van der Waals surface area contributed by atoms with Gasteiger partial charge < -0.3 is 4.74 Å². The molecule has 0 aliphatic carbocycles. The quantitative estimate of drug-likeness (QED) is 0.302. The van der Waals surface area contributed by atoms with E-state index in [1.54, 1.807) is 6.20 Å². The van der Waals surface area contributed by atoms with Crippen molar-refractivity contribution in [3.63, 3.8) is 0 Å². The fourth-order valence-corrected chi connectivity index (χ4v) is 3.01. The Morgan fingerprint density at radius 1 is 0.862 bits per heavy atom. The van der Waals surface area contributed by atoms with Crippen LogP contribution in [0.25, 0.3) is 22.4 Å². The molecule has 0 aliphatic rings. The van der Waals surface area contributed by atoms with Gasteiger partial charge in [0.05, 0.1) is 30.1 Å². The average Bonchev–Trinajstić information content (AvgIpc) is 2.79. The number of pyridine rings is 1. The maximum Gasteiger partial charge on any atom is 0.137 e. The van der Waals surface area contributed by atoms with E-state index in [1.165, 1.54) is 12.8 Å². The van der Waals surface area contributed by atoms with Gasteiger partial charge in [-0.15, -0.1) is 0 Å². The summed E-state index contributed by atoms with van der Waals surface area (Å²) in [7, 11) is 0. The molecule has 0 N–H and O–H groups in total. The first-order chi connectivity index (χ1) is 14.3. The van der Waals surface area contributed by atoms with E-state index in [1.807, 2.05) is 36.4 Å². The Morgan fingerprint density at radius 3 is 2.14 bits per heavy atom. The van der Waals surface area contributed by atoms with Crippen LogP contribution in [0.15, 0.2) is 79.0 Å². The average molecular weight is 383 g/mol. The minimum atomic E-state index is 0.670. The fraction of sp³-hybridized carbons (Fsp3) is 0.231. The van der Waals surface area contributed by atoms with Crippen LogP contribution in [0.1, 0.15) is 38.2 Å². The zero-order valence-electron chi connectivity index (χ0n) is 16.8. The summed E-state index contributed by atoms with van der Waals surface area (Å²) in [5.41, 5.74) is 4.86. The van der Waals surface area contributed by atoms with Crippen LogP contribution in [-0.4, -0.2) is 11.6 Å². The maximum atomic E-state index is 8.91. The third-order valence-electron chi connectivity index (χ3n) is 4.71. The summed E-state index contributed by atoms with van der Waals surface area (Å²) in [6, 6.07) is 22.0. The molecule has 1 heterocycles. The Kier molecular flexibility index (Phi) is 7.60. The summed E-state index contributed by atoms with van der Waals surface area (Å²) in [5, 5.41) is 8.91. The van der Waals surface area contributed by atoms with Crippen LogP contribution >= 0.6 is 0 Å². The highest BCUT2D eigenvalue weighted by atomic mass is 16.5. The van der Waals surface area contributed by atoms with Gasteiger partial charge in [-0.1, -0.05) is 68.3 Å². The number of benzene rings is 2. The number of hydrogen-bond donors (Lipinski definition) is 0. The summed E-state index contributed by atoms with van der Waals surface area (Å²) in [6.07, 6.45) is 10.8. The number of unbranched alkanes of at least 4 members (excludes halogenated alkanes) is 2. The number of aromatic nitrogens is 1. The van der Waals surface area contributed by atoms with E-state index < -0.39 is 0 Å². The van der Waals surface area contributed by atoms with Crippen LogP contribution < -0.4 is 4.74 Å². The van der Waals surface area contributed by atoms with E-state index in [9.17, 15) is 0 Å². The van der Waals surface area contributed by atoms with E-state index >= 15 is 0 Å². The first-order valence-electron chi connectivity index (χ1n) is 10.1. The normalized spacial score (nSPS) is 10.8. The summed E-state index contributed by atoms with van der Waals surface area (Å²) >= 11 is 0. The predicted octanol–water partition coefficient (Wildman–Crippen LogP) is 6.80. The van der Waals surface area contributed by atoms with E-state index in [0.717, 1.165) is 41.0 Å². The summed E-state index contributed by atoms with van der Waals surface area (Å²) < 4.78 is 5.76. The largest absolute Gasteiger partial charge is 0.492 e. The zero-order valence-corrected chi connectivity index (χ0v) is 16.8. The van der Waals surface area contributed by atoms with Crippen LogP contribution in [-0.2, 0) is 0 Å². The van der Waals surface area contributed by atoms with Gasteiger partial charge in [0.25, 0.3) is 0 Å². The second-order valence-electron chi connectivity index (χ2n) is 6.90. The molecule has 0 atom stereocenters. The van der Waals surface area contributed by atoms with Crippen molar-refractivity contribution < 1.29 is 4.74 Å². The van der Waals surface area contributed by atoms with Crippen LogP contribution in [0, 0.1) is 11.3 Å². The topological polar surface area (TPSA) is 45.9 Å². The molecule has 3 nitrogen and oxygen atoms in total. The lowest BCUT2D eigenvalue weighted by atomic mass is 10.0. The van der Waals surface area contributed by atoms with Gasteiger partial charge in [-0.2, -0.15) is 5.26 Å². The fourth-order valence-electron chi connectivity index (χ4n) is 3.01. The summed E-state index contributed by atoms with van der Waals surface area (Å²) in [6.45, 7) is 2.88. The van der Waals surface area contributed by atoms with Crippen molar-refractivity contribution >= 4 is 0 Å². The second kappa shape index (κ2) is 10.8. The number of hydrogen-bond acceptors (Lipinski definition) is 3. The zero-order chi connectivity index (χ0) is 20.3. The molecule has 0 aliphatic heterocycles. The van der Waals surface area contributed by atoms with E-state index in [4.69, 9.17) is 10.00 Å². The minimum absolute atomic E-state index is 0.670. The molecule has 2 aromatic carbocycles. The van der Waals surface area contributed by atoms with E-state index in [0.29, 0.717) is 12.2 Å². The lowest BCUT2D eigenvalue weighted by molar-refractivity contribution is 0.323. The maximum absolute atomic E-state index is 8.91. The molecule has 0 saturated carbocycles. The van der Waals surface area contributed by atoms with Crippen LogP contribution in [0.2, 0.25) is 0 Å². The molecule has 3 rings (SSSR count). The highest BCUT2D eigenvalue weighted by Gasteiger charge is 2.03. The first-order valence-corrected chi connectivity index (χ1v) is 10.1. The van der Waals surface area contributed by atoms with E-state index in [-0.39, 0.29) is 0 Å². The van der Waals surface area contributed by atoms with Crippen molar-refractivity contribution in [3.8, 4) is 34.2 Å². The van der Waals surface area contributed by atoms with Crippen molar-refractivity contribution in [2.24, 2.45) is 0 Å². The Morgan fingerprint density at radius 2 is 1.52 bits per heavy atom. The predicted molar refractivity (Wildman–Crippen MR) is 119 cm³/mol. The number of rotatable bonds is 9. The number of nitriles is 1. The molecule has 0 saturated heterocycles. The van der Waals surface area contributed by atoms with Crippen molar-refractivity contribution in [1.29, 1.82) is 5.26 Å². The summed E-state index contributed by atoms with van der Waals surface area (Å²) in [5.74, 6) is 0.796. The van der Waals surface area contributed by atoms with Gasteiger partial charge in [0.15, 0.2) is 0 Å². The molecule has 1 aromatic heterocycles. The van der Waals surface area contributed by atoms with Crippen molar-refractivity contribution in [2.75, 3.05) is 6.61 Å². The van der Waals surface area contributed by atoms with Gasteiger partial charge in [-0.05, 0) is 48.2 Å². The molecule has 146 valence electrons. The highest BCUT2D eigenvalue weighted by Crippen LogP contribution is 2.25. The SMILES string of the molecule is CCCC/C=C\CCOc1ccc(-c2ccc(-c3ccc(C#N)cc3)cc2)nc1. The molecule has 3 aromatic rings. The Hall–Kier alpha value is -3.38. The van der Waals surface area contributed by atoms with Gasteiger partial charge in [0.2, 0.25) is 0 Å². The van der Waals surface area contributed by atoms with Crippen molar-refractivity contribution in [3.05, 3.63) is 84.6 Å². The molecular formula is C26H26N2O. The molecule has 0 bridgehead atoms. The highest BCUT2D eigenvalue weighted by molar-refractivity contribution is 5.69. The Bertz CT molecular complexity index is 950. The van der Waals surface area contributed by atoms with Gasteiger partial charge in [0.1, 0.15) is 5.75 Å². The van der Waals surface area contributed by atoms with Gasteiger partial charge >= 0.3 is 0 Å². The van der Waals surface area contributed by atoms with Gasteiger partial charge in [-0.3, -0.25) is 4.98 Å². The molecule has 3 heteroatoms. The van der Waals surface area contributed by atoms with Crippen LogP contribution in [0.3, 0.4) is 0 Å². The third-order valence-corrected chi connectivity index (χ3v) is 4.71. The molecule has 0 radical (unpaired) electrons. The van der Waals surface area contributed by atoms with E-state index in [2.05, 4.69) is 54.4 Å². The molecular weight excluding hydrogens is 356 g/mol.